The fourth-order valence-electron chi connectivity index (χ4n) is 1.23. The van der Waals surface area contributed by atoms with Gasteiger partial charge in [-0.05, 0) is 23.8 Å². The van der Waals surface area contributed by atoms with E-state index in [2.05, 4.69) is 4.98 Å². The van der Waals surface area contributed by atoms with E-state index in [-0.39, 0.29) is 28.2 Å². The van der Waals surface area contributed by atoms with Crippen molar-refractivity contribution in [2.45, 2.75) is 0 Å². The van der Waals surface area contributed by atoms with Crippen molar-refractivity contribution in [3.63, 3.8) is 0 Å². The maximum atomic E-state index is 11.3. The van der Waals surface area contributed by atoms with Gasteiger partial charge in [0.25, 0.3) is 0 Å². The van der Waals surface area contributed by atoms with E-state index in [4.69, 9.17) is 11.6 Å². The zero-order valence-corrected chi connectivity index (χ0v) is 7.50. The molecule has 13 heavy (non-hydrogen) atoms. The molecule has 0 amide bonds. The van der Waals surface area contributed by atoms with Crippen LogP contribution in [0.1, 0.15) is 21.0 Å². The van der Waals surface area contributed by atoms with Gasteiger partial charge in [-0.25, -0.2) is 4.98 Å². The fraction of sp³-hybridized carbons (Fsp3) is 0.125. The number of ketones is 2. The second-order valence-corrected chi connectivity index (χ2v) is 3.04. The third-order valence-corrected chi connectivity index (χ3v) is 2.23. The van der Waals surface area contributed by atoms with Crippen molar-refractivity contribution in [2.24, 2.45) is 7.05 Å². The number of allylic oxidation sites excluding steroid dienone is 2. The summed E-state index contributed by atoms with van der Waals surface area (Å²) in [5.41, 5.74) is 0.400. The molecule has 2 rings (SSSR count). The first-order valence-corrected chi connectivity index (χ1v) is 3.98. The molecule has 0 saturated carbocycles. The van der Waals surface area contributed by atoms with Crippen molar-refractivity contribution in [2.75, 3.05) is 0 Å². The molecule has 5 heteroatoms. The van der Waals surface area contributed by atoms with E-state index in [0.29, 0.717) is 0 Å². The van der Waals surface area contributed by atoms with Crippen molar-refractivity contribution < 1.29 is 9.59 Å². The molecule has 1 heterocycles. The Bertz CT molecular complexity index is 445. The predicted octanol–water partition coefficient (Wildman–Crippen LogP) is 1.01. The molecule has 0 N–H and O–H groups in total. The first-order valence-electron chi connectivity index (χ1n) is 3.60. The van der Waals surface area contributed by atoms with Gasteiger partial charge in [-0.1, -0.05) is 0 Å². The Hall–Kier alpha value is -1.42. The van der Waals surface area contributed by atoms with Crippen LogP contribution in [0.3, 0.4) is 0 Å². The third-order valence-electron chi connectivity index (χ3n) is 1.89. The van der Waals surface area contributed by atoms with Crippen LogP contribution in [0.15, 0.2) is 12.2 Å². The molecule has 0 atom stereocenters. The Labute approximate surface area is 78.8 Å². The fourth-order valence-corrected chi connectivity index (χ4v) is 1.40. The number of halogens is 1. The largest absolute Gasteiger partial charge is 0.314 e. The van der Waals surface area contributed by atoms with Crippen LogP contribution in [-0.4, -0.2) is 21.1 Å². The highest BCUT2D eigenvalue weighted by molar-refractivity contribution is 6.30. The van der Waals surface area contributed by atoms with Crippen molar-refractivity contribution in [3.05, 3.63) is 28.8 Å². The Morgan fingerprint density at radius 1 is 1.31 bits per heavy atom. The Balaban J connectivity index is 2.76. The molecular formula is C8H5ClN2O2. The van der Waals surface area contributed by atoms with Crippen LogP contribution in [0.5, 0.6) is 0 Å². The number of aromatic nitrogens is 2. The molecule has 0 aliphatic heterocycles. The van der Waals surface area contributed by atoms with Crippen LogP contribution in [0.2, 0.25) is 5.28 Å². The molecule has 0 spiro atoms. The van der Waals surface area contributed by atoms with E-state index < -0.39 is 0 Å². The van der Waals surface area contributed by atoms with Crippen LogP contribution >= 0.6 is 11.6 Å². The lowest BCUT2D eigenvalue weighted by molar-refractivity contribution is 0.0987. The number of hydrogen-bond donors (Lipinski definition) is 0. The highest BCUT2D eigenvalue weighted by Crippen LogP contribution is 2.19. The minimum atomic E-state index is -0.280. The Morgan fingerprint density at radius 2 is 1.92 bits per heavy atom. The van der Waals surface area contributed by atoms with Gasteiger partial charge in [0.15, 0.2) is 0 Å². The zero-order chi connectivity index (χ0) is 9.59. The quantitative estimate of drug-likeness (QED) is 0.622. The van der Waals surface area contributed by atoms with Gasteiger partial charge in [-0.3, -0.25) is 9.59 Å². The first-order chi connectivity index (χ1) is 6.11. The molecule has 1 aromatic rings. The average molecular weight is 197 g/mol. The molecular weight excluding hydrogens is 192 g/mol. The molecule has 0 unspecified atom stereocenters. The zero-order valence-electron chi connectivity index (χ0n) is 6.74. The van der Waals surface area contributed by atoms with E-state index in [1.807, 2.05) is 0 Å². The number of nitrogens with zero attached hydrogens (tertiary/aromatic N) is 2. The lowest BCUT2D eigenvalue weighted by Crippen LogP contribution is -2.13. The van der Waals surface area contributed by atoms with Crippen LogP contribution < -0.4 is 0 Å². The SMILES string of the molecule is Cn1c(Cl)nc2c1C(=O)C=CC2=O. The standard InChI is InChI=1S/C8H5ClN2O2/c1-11-7-5(13)3-2-4(12)6(7)10-8(11)9/h2-3H,1H3. The smallest absolute Gasteiger partial charge is 0.206 e. The summed E-state index contributed by atoms with van der Waals surface area (Å²) in [6.45, 7) is 0. The normalized spacial score (nSPS) is 14.9. The van der Waals surface area contributed by atoms with Gasteiger partial charge in [0.2, 0.25) is 16.9 Å². The molecule has 0 fully saturated rings. The van der Waals surface area contributed by atoms with Gasteiger partial charge in [0.05, 0.1) is 0 Å². The van der Waals surface area contributed by atoms with Gasteiger partial charge in [-0.15, -0.1) is 0 Å². The Morgan fingerprint density at radius 3 is 2.54 bits per heavy atom. The lowest BCUT2D eigenvalue weighted by atomic mass is 10.1. The lowest BCUT2D eigenvalue weighted by Gasteiger charge is -2.03. The number of fused-ring (bicyclic) bond motifs is 1. The molecule has 66 valence electrons. The van der Waals surface area contributed by atoms with Gasteiger partial charge in [0.1, 0.15) is 11.4 Å². The van der Waals surface area contributed by atoms with Crippen molar-refractivity contribution in [1.82, 2.24) is 9.55 Å². The molecule has 1 aromatic heterocycles. The highest BCUT2D eigenvalue weighted by Gasteiger charge is 2.25. The molecule has 0 aromatic carbocycles. The van der Waals surface area contributed by atoms with Crippen molar-refractivity contribution in [1.29, 1.82) is 0 Å². The van der Waals surface area contributed by atoms with Gasteiger partial charge >= 0.3 is 0 Å². The number of imidazole rings is 1. The second kappa shape index (κ2) is 2.53. The summed E-state index contributed by atoms with van der Waals surface area (Å²) in [5, 5.41) is 0.149. The molecule has 0 bridgehead atoms. The molecule has 1 aliphatic rings. The van der Waals surface area contributed by atoms with E-state index in [0.717, 1.165) is 0 Å². The number of carbonyl (C=O) groups is 2. The van der Waals surface area contributed by atoms with E-state index >= 15 is 0 Å². The third kappa shape index (κ3) is 1.02. The van der Waals surface area contributed by atoms with E-state index in [1.54, 1.807) is 7.05 Å². The van der Waals surface area contributed by atoms with Gasteiger partial charge in [-0.2, -0.15) is 0 Å². The second-order valence-electron chi connectivity index (χ2n) is 2.70. The minimum Gasteiger partial charge on any atom is -0.314 e. The molecule has 0 radical (unpaired) electrons. The summed E-state index contributed by atoms with van der Waals surface area (Å²) >= 11 is 5.67. The van der Waals surface area contributed by atoms with Crippen LogP contribution in [0.4, 0.5) is 0 Å². The summed E-state index contributed by atoms with van der Waals surface area (Å²) in [5.74, 6) is -0.520. The summed E-state index contributed by atoms with van der Waals surface area (Å²) < 4.78 is 1.40. The van der Waals surface area contributed by atoms with E-state index in [9.17, 15) is 9.59 Å². The van der Waals surface area contributed by atoms with Gasteiger partial charge in [0, 0.05) is 7.05 Å². The van der Waals surface area contributed by atoms with Gasteiger partial charge < -0.3 is 4.57 Å². The molecule has 0 saturated heterocycles. The minimum absolute atomic E-state index is 0.139. The maximum absolute atomic E-state index is 11.3. The first kappa shape index (κ1) is 8.19. The number of carbonyl (C=O) groups excluding carboxylic acids is 2. The molecule has 4 nitrogen and oxygen atoms in total. The molecule has 1 aliphatic carbocycles. The highest BCUT2D eigenvalue weighted by atomic mass is 35.5. The number of hydrogen-bond acceptors (Lipinski definition) is 3. The Kier molecular flexibility index (Phi) is 1.60. The summed E-state index contributed by atoms with van der Waals surface area (Å²) in [4.78, 5) is 26.3. The summed E-state index contributed by atoms with van der Waals surface area (Å²) in [7, 11) is 1.60. The average Bonchev–Trinajstić information content (AvgIpc) is 2.38. The van der Waals surface area contributed by atoms with E-state index in [1.165, 1.54) is 16.7 Å². The number of rotatable bonds is 0. The topological polar surface area (TPSA) is 52.0 Å². The summed E-state index contributed by atoms with van der Waals surface area (Å²) in [6, 6.07) is 0. The van der Waals surface area contributed by atoms with Crippen LogP contribution in [0.25, 0.3) is 0 Å². The maximum Gasteiger partial charge on any atom is 0.206 e. The van der Waals surface area contributed by atoms with Crippen LogP contribution in [0, 0.1) is 0 Å². The monoisotopic (exact) mass is 196 g/mol. The van der Waals surface area contributed by atoms with Crippen LogP contribution in [-0.2, 0) is 7.05 Å². The van der Waals surface area contributed by atoms with Crippen molar-refractivity contribution >= 4 is 23.2 Å². The predicted molar refractivity (Wildman–Crippen MR) is 46.0 cm³/mol. The van der Waals surface area contributed by atoms with Crippen molar-refractivity contribution in [3.8, 4) is 0 Å². The summed E-state index contributed by atoms with van der Waals surface area (Å²) in [6.07, 6.45) is 2.43.